The van der Waals surface area contributed by atoms with Crippen LogP contribution in [-0.4, -0.2) is 23.7 Å². The van der Waals surface area contributed by atoms with Crippen LogP contribution >= 0.6 is 11.6 Å². The van der Waals surface area contributed by atoms with Crippen molar-refractivity contribution in [2.45, 2.75) is 25.8 Å². The number of aliphatic hydroxyl groups excluding tert-OH is 1. The molecule has 0 radical (unpaired) electrons. The summed E-state index contributed by atoms with van der Waals surface area (Å²) >= 11 is 5.59. The first-order valence-corrected chi connectivity index (χ1v) is 5.83. The molecule has 0 bridgehead atoms. The van der Waals surface area contributed by atoms with Crippen LogP contribution in [0.1, 0.15) is 30.1 Å². The van der Waals surface area contributed by atoms with Crippen LogP contribution < -0.4 is 5.32 Å². The van der Waals surface area contributed by atoms with Crippen LogP contribution in [0, 0.1) is 5.82 Å². The maximum atomic E-state index is 12.9. The third kappa shape index (κ3) is 3.98. The molecule has 0 heterocycles. The number of halogens is 2. The highest BCUT2D eigenvalue weighted by Crippen LogP contribution is 2.16. The molecule has 0 saturated heterocycles. The zero-order chi connectivity index (χ0) is 12.8. The van der Waals surface area contributed by atoms with Crippen molar-refractivity contribution in [1.29, 1.82) is 0 Å². The van der Waals surface area contributed by atoms with Gasteiger partial charge in [-0.15, -0.1) is 0 Å². The van der Waals surface area contributed by atoms with Crippen LogP contribution in [0.5, 0.6) is 0 Å². The molecule has 0 aliphatic rings. The zero-order valence-electron chi connectivity index (χ0n) is 9.54. The molecule has 0 aromatic heterocycles. The molecule has 1 rings (SSSR count). The van der Waals surface area contributed by atoms with Gasteiger partial charge in [-0.1, -0.05) is 18.5 Å². The van der Waals surface area contributed by atoms with Crippen molar-refractivity contribution in [3.05, 3.63) is 34.6 Å². The Balaban J connectivity index is 2.72. The molecule has 5 heteroatoms. The number of carbonyl (C=O) groups is 1. The number of nitrogens with one attached hydrogen (secondary N) is 1. The van der Waals surface area contributed by atoms with Gasteiger partial charge >= 0.3 is 0 Å². The van der Waals surface area contributed by atoms with E-state index in [0.29, 0.717) is 12.0 Å². The van der Waals surface area contributed by atoms with Gasteiger partial charge in [0, 0.05) is 18.2 Å². The van der Waals surface area contributed by atoms with Gasteiger partial charge in [0.25, 0.3) is 5.91 Å². The lowest BCUT2D eigenvalue weighted by molar-refractivity contribution is 0.0929. The first-order chi connectivity index (χ1) is 8.08. The summed E-state index contributed by atoms with van der Waals surface area (Å²) in [7, 11) is 0. The van der Waals surface area contributed by atoms with Crippen molar-refractivity contribution < 1.29 is 14.3 Å². The quantitative estimate of drug-likeness (QED) is 0.853. The fourth-order valence-corrected chi connectivity index (χ4v) is 1.62. The summed E-state index contributed by atoms with van der Waals surface area (Å²) in [5.74, 6) is -0.863. The van der Waals surface area contributed by atoms with E-state index in [-0.39, 0.29) is 23.6 Å². The van der Waals surface area contributed by atoms with Crippen LogP contribution in [0.15, 0.2) is 18.2 Å². The van der Waals surface area contributed by atoms with E-state index in [4.69, 9.17) is 16.7 Å². The molecule has 1 unspecified atom stereocenters. The predicted octanol–water partition coefficient (Wildman–Crippen LogP) is 2.37. The van der Waals surface area contributed by atoms with E-state index in [1.165, 1.54) is 12.1 Å². The molecule has 0 aliphatic heterocycles. The largest absolute Gasteiger partial charge is 0.396 e. The Kier molecular flexibility index (Phi) is 5.38. The Bertz CT molecular complexity index is 398. The molecule has 94 valence electrons. The number of carbonyl (C=O) groups excluding carboxylic acids is 1. The normalized spacial score (nSPS) is 12.2. The predicted molar refractivity (Wildman–Crippen MR) is 64.7 cm³/mol. The Labute approximate surface area is 105 Å². The fraction of sp³-hybridized carbons (Fsp3) is 0.417. The van der Waals surface area contributed by atoms with Gasteiger partial charge in [0.1, 0.15) is 5.82 Å². The van der Waals surface area contributed by atoms with Crippen LogP contribution in [0.2, 0.25) is 5.02 Å². The van der Waals surface area contributed by atoms with E-state index in [2.05, 4.69) is 5.32 Å². The summed E-state index contributed by atoms with van der Waals surface area (Å²) in [5.41, 5.74) is 0.313. The molecule has 2 N–H and O–H groups in total. The molecule has 0 aliphatic carbocycles. The molecule has 0 spiro atoms. The van der Waals surface area contributed by atoms with E-state index >= 15 is 0 Å². The molecule has 17 heavy (non-hydrogen) atoms. The monoisotopic (exact) mass is 259 g/mol. The van der Waals surface area contributed by atoms with Crippen LogP contribution in [-0.2, 0) is 0 Å². The first-order valence-electron chi connectivity index (χ1n) is 5.45. The molecular weight excluding hydrogens is 245 g/mol. The first kappa shape index (κ1) is 13.9. The Morgan fingerprint density at radius 2 is 2.29 bits per heavy atom. The third-order valence-electron chi connectivity index (χ3n) is 2.49. The number of rotatable bonds is 5. The van der Waals surface area contributed by atoms with Crippen LogP contribution in [0.25, 0.3) is 0 Å². The maximum absolute atomic E-state index is 12.9. The topological polar surface area (TPSA) is 49.3 Å². The molecule has 1 amide bonds. The van der Waals surface area contributed by atoms with Crippen molar-refractivity contribution in [3.63, 3.8) is 0 Å². The van der Waals surface area contributed by atoms with Gasteiger partial charge in [0.2, 0.25) is 0 Å². The lowest BCUT2D eigenvalue weighted by Crippen LogP contribution is -2.35. The maximum Gasteiger partial charge on any atom is 0.251 e. The number of benzene rings is 1. The van der Waals surface area contributed by atoms with Gasteiger partial charge in [-0.05, 0) is 31.0 Å². The van der Waals surface area contributed by atoms with Crippen molar-refractivity contribution in [2.24, 2.45) is 0 Å². The highest BCUT2D eigenvalue weighted by molar-refractivity contribution is 6.31. The van der Waals surface area contributed by atoms with E-state index in [9.17, 15) is 9.18 Å². The number of hydrogen-bond donors (Lipinski definition) is 2. The standard InChI is InChI=1S/C12H15ClFNO2/c1-2-9(5-6-16)15-12(17)8-3-4-11(14)10(13)7-8/h3-4,7,9,16H,2,5-6H2,1H3,(H,15,17). The fourth-order valence-electron chi connectivity index (χ4n) is 1.44. The lowest BCUT2D eigenvalue weighted by atomic mass is 10.1. The second kappa shape index (κ2) is 6.57. The molecule has 1 aromatic carbocycles. The van der Waals surface area contributed by atoms with Gasteiger partial charge in [0.05, 0.1) is 5.02 Å². The summed E-state index contributed by atoms with van der Waals surface area (Å²) < 4.78 is 12.9. The summed E-state index contributed by atoms with van der Waals surface area (Å²) in [5, 5.41) is 11.5. The molecule has 0 fully saturated rings. The molecule has 1 aromatic rings. The van der Waals surface area contributed by atoms with Gasteiger partial charge in [-0.25, -0.2) is 4.39 Å². The second-order valence-electron chi connectivity index (χ2n) is 3.72. The van der Waals surface area contributed by atoms with E-state index in [1.807, 2.05) is 6.92 Å². The average molecular weight is 260 g/mol. The van der Waals surface area contributed by atoms with E-state index in [0.717, 1.165) is 12.5 Å². The second-order valence-corrected chi connectivity index (χ2v) is 4.13. The third-order valence-corrected chi connectivity index (χ3v) is 2.78. The summed E-state index contributed by atoms with van der Waals surface area (Å²) in [4.78, 5) is 11.8. The lowest BCUT2D eigenvalue weighted by Gasteiger charge is -2.15. The van der Waals surface area contributed by atoms with Gasteiger partial charge in [-0.3, -0.25) is 4.79 Å². The molecule has 3 nitrogen and oxygen atoms in total. The summed E-state index contributed by atoms with van der Waals surface area (Å²) in [6.45, 7) is 1.93. The molecule has 0 saturated carbocycles. The van der Waals surface area contributed by atoms with E-state index in [1.54, 1.807) is 0 Å². The van der Waals surface area contributed by atoms with E-state index < -0.39 is 5.82 Å². The average Bonchev–Trinajstić information content (AvgIpc) is 2.31. The minimum Gasteiger partial charge on any atom is -0.396 e. The minimum absolute atomic E-state index is 0.0168. The van der Waals surface area contributed by atoms with Gasteiger partial charge in [-0.2, -0.15) is 0 Å². The Morgan fingerprint density at radius 3 is 2.82 bits per heavy atom. The summed E-state index contributed by atoms with van der Waals surface area (Å²) in [6, 6.07) is 3.74. The number of hydrogen-bond acceptors (Lipinski definition) is 2. The highest BCUT2D eigenvalue weighted by atomic mass is 35.5. The van der Waals surface area contributed by atoms with Crippen LogP contribution in [0.3, 0.4) is 0 Å². The van der Waals surface area contributed by atoms with Crippen molar-refractivity contribution >= 4 is 17.5 Å². The van der Waals surface area contributed by atoms with Crippen LogP contribution in [0.4, 0.5) is 4.39 Å². The molecule has 1 atom stereocenters. The number of amides is 1. The Hall–Kier alpha value is -1.13. The summed E-state index contributed by atoms with van der Waals surface area (Å²) in [6.07, 6.45) is 1.22. The van der Waals surface area contributed by atoms with Gasteiger partial charge in [0.15, 0.2) is 0 Å². The smallest absolute Gasteiger partial charge is 0.251 e. The highest BCUT2D eigenvalue weighted by Gasteiger charge is 2.13. The van der Waals surface area contributed by atoms with Crippen molar-refractivity contribution in [3.8, 4) is 0 Å². The zero-order valence-corrected chi connectivity index (χ0v) is 10.3. The minimum atomic E-state index is -0.550. The molecular formula is C12H15ClFNO2. The number of aliphatic hydroxyl groups is 1. The van der Waals surface area contributed by atoms with Gasteiger partial charge < -0.3 is 10.4 Å². The van der Waals surface area contributed by atoms with Crippen molar-refractivity contribution in [2.75, 3.05) is 6.61 Å². The Morgan fingerprint density at radius 1 is 1.59 bits per heavy atom. The van der Waals surface area contributed by atoms with Crippen molar-refractivity contribution in [1.82, 2.24) is 5.32 Å². The SMILES string of the molecule is CCC(CCO)NC(=O)c1ccc(F)c(Cl)c1.